The number of nitrogens with one attached hydrogen (secondary N) is 1. The normalized spacial score (nSPS) is 17.2. The molecular formula is C16H21NO. The lowest BCUT2D eigenvalue weighted by molar-refractivity contribution is 0.482. The molecule has 0 amide bonds. The maximum atomic E-state index is 5.78. The molecule has 0 saturated heterocycles. The van der Waals surface area contributed by atoms with Gasteiger partial charge in [0, 0.05) is 23.5 Å². The van der Waals surface area contributed by atoms with Crippen LogP contribution in [-0.4, -0.2) is 6.04 Å². The summed E-state index contributed by atoms with van der Waals surface area (Å²) < 4.78 is 5.78. The van der Waals surface area contributed by atoms with E-state index in [9.17, 15) is 0 Å². The lowest BCUT2D eigenvalue weighted by atomic mass is 10.1. The fraction of sp³-hybridized carbons (Fsp3) is 0.500. The van der Waals surface area contributed by atoms with Gasteiger partial charge in [0.15, 0.2) is 0 Å². The van der Waals surface area contributed by atoms with Crippen LogP contribution in [0.3, 0.4) is 0 Å². The van der Waals surface area contributed by atoms with Crippen LogP contribution in [0.4, 0.5) is 0 Å². The number of benzene rings is 1. The van der Waals surface area contributed by atoms with Gasteiger partial charge in [-0.2, -0.15) is 0 Å². The number of furan rings is 1. The Kier molecular flexibility index (Phi) is 3.13. The van der Waals surface area contributed by atoms with Crippen molar-refractivity contribution in [3.8, 4) is 0 Å². The molecule has 0 aliphatic heterocycles. The van der Waals surface area contributed by atoms with Gasteiger partial charge < -0.3 is 9.73 Å². The third-order valence-corrected chi connectivity index (χ3v) is 3.91. The van der Waals surface area contributed by atoms with E-state index in [4.69, 9.17) is 4.42 Å². The molecule has 0 spiro atoms. The third kappa shape index (κ3) is 2.44. The Labute approximate surface area is 108 Å². The van der Waals surface area contributed by atoms with E-state index in [1.807, 2.05) is 12.1 Å². The molecule has 96 valence electrons. The quantitative estimate of drug-likeness (QED) is 0.858. The summed E-state index contributed by atoms with van der Waals surface area (Å²) in [5.41, 5.74) is 2.31. The second kappa shape index (κ2) is 4.77. The van der Waals surface area contributed by atoms with Crippen molar-refractivity contribution in [2.45, 2.75) is 45.7 Å². The summed E-state index contributed by atoms with van der Waals surface area (Å²) in [4.78, 5) is 0. The minimum absolute atomic E-state index is 0.602. The zero-order valence-corrected chi connectivity index (χ0v) is 11.2. The van der Waals surface area contributed by atoms with Crippen LogP contribution in [-0.2, 0) is 6.54 Å². The van der Waals surface area contributed by atoms with Crippen molar-refractivity contribution in [2.24, 2.45) is 5.92 Å². The van der Waals surface area contributed by atoms with E-state index in [0.29, 0.717) is 6.04 Å². The first-order valence-electron chi connectivity index (χ1n) is 6.94. The second-order valence-electron chi connectivity index (χ2n) is 5.59. The molecule has 1 aromatic carbocycles. The van der Waals surface area contributed by atoms with Crippen molar-refractivity contribution < 1.29 is 4.42 Å². The average Bonchev–Trinajstić information content (AvgIpc) is 3.09. The van der Waals surface area contributed by atoms with Crippen LogP contribution >= 0.6 is 0 Å². The summed E-state index contributed by atoms with van der Waals surface area (Å²) >= 11 is 0. The average molecular weight is 243 g/mol. The zero-order valence-electron chi connectivity index (χ0n) is 11.2. The summed E-state index contributed by atoms with van der Waals surface area (Å²) in [5, 5.41) is 4.88. The smallest absolute Gasteiger partial charge is 0.134 e. The maximum absolute atomic E-state index is 5.78. The van der Waals surface area contributed by atoms with Gasteiger partial charge in [-0.15, -0.1) is 0 Å². The molecule has 0 radical (unpaired) electrons. The highest BCUT2D eigenvalue weighted by atomic mass is 16.3. The first kappa shape index (κ1) is 11.8. The minimum Gasteiger partial charge on any atom is -0.461 e. The number of aryl methyl sites for hydroxylation is 1. The fourth-order valence-corrected chi connectivity index (χ4v) is 2.65. The van der Waals surface area contributed by atoms with Gasteiger partial charge in [-0.05, 0) is 32.3 Å². The Bertz CT molecular complexity index is 539. The fourth-order valence-electron chi connectivity index (χ4n) is 2.65. The summed E-state index contributed by atoms with van der Waals surface area (Å²) in [6.45, 7) is 5.26. The topological polar surface area (TPSA) is 25.2 Å². The van der Waals surface area contributed by atoms with Gasteiger partial charge in [0.1, 0.15) is 11.3 Å². The first-order chi connectivity index (χ1) is 8.74. The number of rotatable bonds is 5. The third-order valence-electron chi connectivity index (χ3n) is 3.91. The van der Waals surface area contributed by atoms with Crippen molar-refractivity contribution in [2.75, 3.05) is 0 Å². The van der Waals surface area contributed by atoms with Crippen molar-refractivity contribution in [3.63, 3.8) is 0 Å². The summed E-state index contributed by atoms with van der Waals surface area (Å²) in [5.74, 6) is 2.03. The molecule has 2 aromatic rings. The van der Waals surface area contributed by atoms with Crippen LogP contribution in [0.5, 0.6) is 0 Å². The SMILES string of the molecule is Cc1oc2ccccc2c1CNC(C)CC1CC1. The largest absolute Gasteiger partial charge is 0.461 e. The Morgan fingerprint density at radius 2 is 2.11 bits per heavy atom. The van der Waals surface area contributed by atoms with E-state index in [2.05, 4.69) is 31.3 Å². The molecule has 1 unspecified atom stereocenters. The van der Waals surface area contributed by atoms with Gasteiger partial charge in [0.25, 0.3) is 0 Å². The molecule has 1 fully saturated rings. The Hall–Kier alpha value is -1.28. The molecule has 0 bridgehead atoms. The summed E-state index contributed by atoms with van der Waals surface area (Å²) in [6.07, 6.45) is 4.17. The van der Waals surface area contributed by atoms with Gasteiger partial charge in [0.2, 0.25) is 0 Å². The molecule has 1 N–H and O–H groups in total. The van der Waals surface area contributed by atoms with Crippen LogP contribution in [0.15, 0.2) is 28.7 Å². The lowest BCUT2D eigenvalue weighted by Gasteiger charge is -2.12. The molecule has 1 aliphatic carbocycles. The van der Waals surface area contributed by atoms with Gasteiger partial charge in [0.05, 0.1) is 0 Å². The number of fused-ring (bicyclic) bond motifs is 1. The van der Waals surface area contributed by atoms with Crippen LogP contribution in [0.25, 0.3) is 11.0 Å². The van der Waals surface area contributed by atoms with E-state index in [0.717, 1.165) is 23.8 Å². The first-order valence-corrected chi connectivity index (χ1v) is 6.94. The Morgan fingerprint density at radius 1 is 1.33 bits per heavy atom. The highest BCUT2D eigenvalue weighted by Crippen LogP contribution is 2.33. The van der Waals surface area contributed by atoms with Gasteiger partial charge in [-0.1, -0.05) is 31.0 Å². The number of para-hydroxylation sites is 1. The number of hydrogen-bond acceptors (Lipinski definition) is 2. The molecule has 18 heavy (non-hydrogen) atoms. The zero-order chi connectivity index (χ0) is 12.5. The monoisotopic (exact) mass is 243 g/mol. The molecule has 1 aromatic heterocycles. The van der Waals surface area contributed by atoms with E-state index in [1.54, 1.807) is 0 Å². The van der Waals surface area contributed by atoms with Gasteiger partial charge in [-0.3, -0.25) is 0 Å². The van der Waals surface area contributed by atoms with Crippen molar-refractivity contribution in [1.82, 2.24) is 5.32 Å². The Morgan fingerprint density at radius 3 is 2.89 bits per heavy atom. The van der Waals surface area contributed by atoms with Crippen molar-refractivity contribution >= 4 is 11.0 Å². The predicted octanol–water partition coefficient (Wildman–Crippen LogP) is 4.02. The van der Waals surface area contributed by atoms with Crippen LogP contribution < -0.4 is 5.32 Å². The standard InChI is InChI=1S/C16H21NO/c1-11(9-13-7-8-13)17-10-15-12(2)18-16-6-4-3-5-14(15)16/h3-6,11,13,17H,7-10H2,1-2H3. The molecule has 2 heteroatoms. The molecule has 3 rings (SSSR count). The molecule has 1 atom stereocenters. The second-order valence-corrected chi connectivity index (χ2v) is 5.59. The van der Waals surface area contributed by atoms with E-state index in [1.165, 1.54) is 30.2 Å². The van der Waals surface area contributed by atoms with E-state index < -0.39 is 0 Å². The Balaban J connectivity index is 1.71. The van der Waals surface area contributed by atoms with Gasteiger partial charge >= 0.3 is 0 Å². The molecular weight excluding hydrogens is 222 g/mol. The molecule has 2 nitrogen and oxygen atoms in total. The lowest BCUT2D eigenvalue weighted by Crippen LogP contribution is -2.26. The highest BCUT2D eigenvalue weighted by molar-refractivity contribution is 5.82. The van der Waals surface area contributed by atoms with Crippen LogP contribution in [0, 0.1) is 12.8 Å². The molecule has 1 heterocycles. The highest BCUT2D eigenvalue weighted by Gasteiger charge is 2.23. The van der Waals surface area contributed by atoms with Crippen LogP contribution in [0.1, 0.15) is 37.5 Å². The predicted molar refractivity (Wildman–Crippen MR) is 74.6 cm³/mol. The van der Waals surface area contributed by atoms with Crippen molar-refractivity contribution in [1.29, 1.82) is 0 Å². The summed E-state index contributed by atoms with van der Waals surface area (Å²) in [6, 6.07) is 8.89. The molecule has 1 saturated carbocycles. The van der Waals surface area contributed by atoms with E-state index >= 15 is 0 Å². The maximum Gasteiger partial charge on any atom is 0.134 e. The van der Waals surface area contributed by atoms with Crippen LogP contribution in [0.2, 0.25) is 0 Å². The van der Waals surface area contributed by atoms with Gasteiger partial charge in [-0.25, -0.2) is 0 Å². The van der Waals surface area contributed by atoms with Crippen molar-refractivity contribution in [3.05, 3.63) is 35.6 Å². The molecule has 1 aliphatic rings. The van der Waals surface area contributed by atoms with E-state index in [-0.39, 0.29) is 0 Å². The number of hydrogen-bond donors (Lipinski definition) is 1. The minimum atomic E-state index is 0.602. The summed E-state index contributed by atoms with van der Waals surface area (Å²) in [7, 11) is 0.